The molecule has 1 rings (SSSR count). The largest absolute Gasteiger partial charge is 0.383 e. The van der Waals surface area contributed by atoms with Gasteiger partial charge in [-0.3, -0.25) is 0 Å². The van der Waals surface area contributed by atoms with Crippen molar-refractivity contribution in [3.05, 3.63) is 24.3 Å². The van der Waals surface area contributed by atoms with Crippen LogP contribution in [0.15, 0.2) is 29.2 Å². The molecule has 0 aliphatic carbocycles. The topological polar surface area (TPSA) is 81.4 Å². The van der Waals surface area contributed by atoms with Gasteiger partial charge in [0, 0.05) is 7.11 Å². The Kier molecular flexibility index (Phi) is 6.98. The summed E-state index contributed by atoms with van der Waals surface area (Å²) in [6.07, 6.45) is 1.32. The van der Waals surface area contributed by atoms with Crippen molar-refractivity contribution in [2.45, 2.75) is 30.7 Å². The van der Waals surface area contributed by atoms with E-state index in [0.29, 0.717) is 30.2 Å². The molecule has 0 fully saturated rings. The fourth-order valence-corrected chi connectivity index (χ4v) is 3.56. The van der Waals surface area contributed by atoms with Crippen LogP contribution in [0.3, 0.4) is 0 Å². The van der Waals surface area contributed by atoms with Gasteiger partial charge in [-0.25, -0.2) is 8.42 Å². The highest BCUT2D eigenvalue weighted by Crippen LogP contribution is 2.23. The SMILES string of the molecule is CCCS(=O)(=O)c1ccccc1NC(CCN)COC. The van der Waals surface area contributed by atoms with Crippen molar-refractivity contribution >= 4 is 15.5 Å². The molecule has 6 heteroatoms. The number of anilines is 1. The summed E-state index contributed by atoms with van der Waals surface area (Å²) >= 11 is 0. The lowest BCUT2D eigenvalue weighted by Crippen LogP contribution is -2.28. The fraction of sp³-hybridized carbons (Fsp3) is 0.571. The Morgan fingerprint density at radius 1 is 1.35 bits per heavy atom. The van der Waals surface area contributed by atoms with Gasteiger partial charge in [0.1, 0.15) is 0 Å². The average Bonchev–Trinajstić information content (AvgIpc) is 2.39. The summed E-state index contributed by atoms with van der Waals surface area (Å²) in [5.74, 6) is 0.150. The predicted octanol–water partition coefficient (Wildman–Crippen LogP) is 1.65. The molecule has 0 saturated heterocycles. The van der Waals surface area contributed by atoms with Gasteiger partial charge in [-0.2, -0.15) is 0 Å². The van der Waals surface area contributed by atoms with Gasteiger partial charge in [0.2, 0.25) is 0 Å². The minimum absolute atomic E-state index is 0.00276. The zero-order chi connectivity index (χ0) is 15.0. The second-order valence-electron chi connectivity index (χ2n) is 4.69. The Labute approximate surface area is 121 Å². The molecule has 0 spiro atoms. The molecule has 0 aliphatic rings. The maximum atomic E-state index is 12.3. The number of nitrogens with one attached hydrogen (secondary N) is 1. The van der Waals surface area contributed by atoms with Crippen molar-refractivity contribution in [2.75, 3.05) is 31.3 Å². The van der Waals surface area contributed by atoms with E-state index in [1.165, 1.54) is 0 Å². The van der Waals surface area contributed by atoms with Crippen LogP contribution in [0.2, 0.25) is 0 Å². The zero-order valence-corrected chi connectivity index (χ0v) is 12.9. The highest BCUT2D eigenvalue weighted by atomic mass is 32.2. The standard InChI is InChI=1S/C14H24N2O3S/c1-3-10-20(17,18)14-7-5-4-6-13(14)16-12(8-9-15)11-19-2/h4-7,12,16H,3,8-11,15H2,1-2H3. The van der Waals surface area contributed by atoms with Crippen molar-refractivity contribution < 1.29 is 13.2 Å². The van der Waals surface area contributed by atoms with Gasteiger partial charge in [-0.1, -0.05) is 19.1 Å². The number of benzene rings is 1. The van der Waals surface area contributed by atoms with Gasteiger partial charge in [0.25, 0.3) is 0 Å². The first-order valence-corrected chi connectivity index (χ1v) is 8.47. The molecule has 0 radical (unpaired) electrons. The molecule has 0 heterocycles. The number of nitrogens with two attached hydrogens (primary N) is 1. The molecule has 1 unspecified atom stereocenters. The lowest BCUT2D eigenvalue weighted by molar-refractivity contribution is 0.183. The molecule has 0 aliphatic heterocycles. The van der Waals surface area contributed by atoms with Crippen LogP contribution in [0.5, 0.6) is 0 Å². The van der Waals surface area contributed by atoms with E-state index in [1.54, 1.807) is 25.3 Å². The Bertz CT molecular complexity index is 497. The predicted molar refractivity (Wildman–Crippen MR) is 81.7 cm³/mol. The van der Waals surface area contributed by atoms with Gasteiger partial charge >= 0.3 is 0 Å². The number of methoxy groups -OCH3 is 1. The van der Waals surface area contributed by atoms with Crippen LogP contribution < -0.4 is 11.1 Å². The lowest BCUT2D eigenvalue weighted by Gasteiger charge is -2.20. The molecule has 0 bridgehead atoms. The highest BCUT2D eigenvalue weighted by molar-refractivity contribution is 7.91. The second-order valence-corrected chi connectivity index (χ2v) is 6.77. The van der Waals surface area contributed by atoms with Crippen LogP contribution in [-0.2, 0) is 14.6 Å². The summed E-state index contributed by atoms with van der Waals surface area (Å²) in [7, 11) is -1.64. The third-order valence-corrected chi connectivity index (χ3v) is 4.91. The van der Waals surface area contributed by atoms with Crippen LogP contribution in [0, 0.1) is 0 Å². The minimum Gasteiger partial charge on any atom is -0.383 e. The number of hydrogen-bond acceptors (Lipinski definition) is 5. The van der Waals surface area contributed by atoms with E-state index in [0.717, 1.165) is 6.42 Å². The molecule has 1 atom stereocenters. The lowest BCUT2D eigenvalue weighted by atomic mass is 10.2. The molecular weight excluding hydrogens is 276 g/mol. The minimum atomic E-state index is -3.25. The van der Waals surface area contributed by atoms with E-state index in [-0.39, 0.29) is 11.8 Å². The molecule has 3 N–H and O–H groups in total. The van der Waals surface area contributed by atoms with Crippen molar-refractivity contribution in [3.63, 3.8) is 0 Å². The van der Waals surface area contributed by atoms with Crippen LogP contribution >= 0.6 is 0 Å². The van der Waals surface area contributed by atoms with Gasteiger partial charge in [-0.05, 0) is 31.5 Å². The zero-order valence-electron chi connectivity index (χ0n) is 12.1. The maximum Gasteiger partial charge on any atom is 0.180 e. The summed E-state index contributed by atoms with van der Waals surface area (Å²) < 4.78 is 29.6. The number of ether oxygens (including phenoxy) is 1. The van der Waals surface area contributed by atoms with Crippen LogP contribution in [0.25, 0.3) is 0 Å². The monoisotopic (exact) mass is 300 g/mol. The molecule has 0 aromatic heterocycles. The Morgan fingerprint density at radius 2 is 2.05 bits per heavy atom. The number of hydrogen-bond donors (Lipinski definition) is 2. The van der Waals surface area contributed by atoms with E-state index < -0.39 is 9.84 Å². The molecular formula is C14H24N2O3S. The van der Waals surface area contributed by atoms with Crippen LogP contribution in [0.4, 0.5) is 5.69 Å². The molecule has 1 aromatic carbocycles. The van der Waals surface area contributed by atoms with Crippen molar-refractivity contribution in [1.82, 2.24) is 0 Å². The second kappa shape index (κ2) is 8.24. The normalized spacial score (nSPS) is 13.2. The molecule has 1 aromatic rings. The van der Waals surface area contributed by atoms with Crippen LogP contribution in [-0.4, -0.2) is 40.5 Å². The first kappa shape index (κ1) is 16.9. The van der Waals surface area contributed by atoms with Gasteiger partial charge in [0.05, 0.1) is 29.0 Å². The first-order chi connectivity index (χ1) is 9.55. The van der Waals surface area contributed by atoms with Gasteiger partial charge < -0.3 is 15.8 Å². The smallest absolute Gasteiger partial charge is 0.180 e. The molecule has 114 valence electrons. The molecule has 0 amide bonds. The third-order valence-electron chi connectivity index (χ3n) is 2.94. The van der Waals surface area contributed by atoms with E-state index in [9.17, 15) is 8.42 Å². The van der Waals surface area contributed by atoms with E-state index in [4.69, 9.17) is 10.5 Å². The number of sulfone groups is 1. The number of para-hydroxylation sites is 1. The summed E-state index contributed by atoms with van der Waals surface area (Å²) in [4.78, 5) is 0.347. The Balaban J connectivity index is 3.00. The summed E-state index contributed by atoms with van der Waals surface area (Å²) in [6.45, 7) is 2.86. The third kappa shape index (κ3) is 4.77. The van der Waals surface area contributed by atoms with Gasteiger partial charge in [0.15, 0.2) is 9.84 Å². The van der Waals surface area contributed by atoms with Crippen molar-refractivity contribution in [1.29, 1.82) is 0 Å². The van der Waals surface area contributed by atoms with E-state index >= 15 is 0 Å². The quantitative estimate of drug-likeness (QED) is 0.724. The molecule has 0 saturated carbocycles. The van der Waals surface area contributed by atoms with Crippen molar-refractivity contribution in [2.24, 2.45) is 5.73 Å². The fourth-order valence-electron chi connectivity index (χ4n) is 2.06. The van der Waals surface area contributed by atoms with E-state index in [1.807, 2.05) is 13.0 Å². The highest BCUT2D eigenvalue weighted by Gasteiger charge is 2.19. The first-order valence-electron chi connectivity index (χ1n) is 6.82. The summed E-state index contributed by atoms with van der Waals surface area (Å²) in [5.41, 5.74) is 6.19. The summed E-state index contributed by atoms with van der Waals surface area (Å²) in [5, 5.41) is 3.23. The number of rotatable bonds is 9. The maximum absolute atomic E-state index is 12.3. The van der Waals surface area contributed by atoms with Crippen molar-refractivity contribution in [3.8, 4) is 0 Å². The van der Waals surface area contributed by atoms with Crippen LogP contribution in [0.1, 0.15) is 19.8 Å². The summed E-state index contributed by atoms with van der Waals surface area (Å²) in [6, 6.07) is 6.98. The Morgan fingerprint density at radius 3 is 2.65 bits per heavy atom. The molecule has 20 heavy (non-hydrogen) atoms. The van der Waals surface area contributed by atoms with Gasteiger partial charge in [-0.15, -0.1) is 0 Å². The van der Waals surface area contributed by atoms with E-state index in [2.05, 4.69) is 5.32 Å². The average molecular weight is 300 g/mol. The molecule has 5 nitrogen and oxygen atoms in total. The Hall–Kier alpha value is -1.11.